The number of aryl methyl sites for hydroxylation is 1. The molecule has 0 fully saturated rings. The number of aromatic nitrogens is 8. The molecule has 0 radical (unpaired) electrons. The van der Waals surface area contributed by atoms with Crippen molar-refractivity contribution in [1.29, 1.82) is 0 Å². The summed E-state index contributed by atoms with van der Waals surface area (Å²) in [6, 6.07) is 25.4. The van der Waals surface area contributed by atoms with Crippen molar-refractivity contribution in [1.82, 2.24) is 39.7 Å². The fourth-order valence-corrected chi connectivity index (χ4v) is 4.87. The molecule has 3 aromatic heterocycles. The molecule has 10 nitrogen and oxygen atoms in total. The number of imidazole rings is 1. The molecule has 0 spiro atoms. The summed E-state index contributed by atoms with van der Waals surface area (Å²) in [5.41, 5.74) is 4.67. The summed E-state index contributed by atoms with van der Waals surface area (Å²) in [6.07, 6.45) is 0. The lowest BCUT2D eigenvalue weighted by Crippen LogP contribution is -2.33. The highest BCUT2D eigenvalue weighted by molar-refractivity contribution is 5.80. The molecule has 2 N–H and O–H groups in total. The Morgan fingerprint density at radius 3 is 2.32 bits per heavy atom. The number of benzene rings is 3. The molecule has 6 aromatic rings. The van der Waals surface area contributed by atoms with Crippen molar-refractivity contribution in [2.45, 2.75) is 26.4 Å². The summed E-state index contributed by atoms with van der Waals surface area (Å²) >= 11 is 0. The summed E-state index contributed by atoms with van der Waals surface area (Å²) in [6.45, 7) is 4.20. The third-order valence-electron chi connectivity index (χ3n) is 6.83. The number of rotatable bonds is 6. The second kappa shape index (κ2) is 9.40. The Balaban J connectivity index is 1.38. The molecular weight excluding hydrogens is 480 g/mol. The van der Waals surface area contributed by atoms with Crippen molar-refractivity contribution in [2.24, 2.45) is 0 Å². The van der Waals surface area contributed by atoms with Crippen molar-refractivity contribution in [2.75, 3.05) is 0 Å². The summed E-state index contributed by atoms with van der Waals surface area (Å²) in [5.74, 6) is 1.25. The van der Waals surface area contributed by atoms with E-state index in [1.165, 1.54) is 0 Å². The van der Waals surface area contributed by atoms with Crippen LogP contribution in [0.5, 0.6) is 0 Å². The van der Waals surface area contributed by atoms with Gasteiger partial charge in [0, 0.05) is 12.1 Å². The predicted molar refractivity (Wildman–Crippen MR) is 144 cm³/mol. The van der Waals surface area contributed by atoms with Crippen LogP contribution in [0.25, 0.3) is 33.7 Å². The molecule has 0 saturated carbocycles. The highest BCUT2D eigenvalue weighted by Gasteiger charge is 2.21. The van der Waals surface area contributed by atoms with E-state index in [-0.39, 0.29) is 6.04 Å². The number of nitrogens with one attached hydrogen (secondary N) is 2. The van der Waals surface area contributed by atoms with Crippen LogP contribution in [0.3, 0.4) is 0 Å². The Hall–Kier alpha value is -5.12. The third kappa shape index (κ3) is 4.01. The maximum absolute atomic E-state index is 13.0. The van der Waals surface area contributed by atoms with E-state index in [1.807, 2.05) is 97.3 Å². The van der Waals surface area contributed by atoms with Gasteiger partial charge >= 0.3 is 5.69 Å². The van der Waals surface area contributed by atoms with Crippen LogP contribution >= 0.6 is 0 Å². The minimum absolute atomic E-state index is 0.301. The standard InChI is InChI=1S/C28H24N8O2/c1-17(20-8-4-3-5-9-20)36-26-24(27(37)30-28(36)38)35(18(2)29-26)16-19-12-14-21(15-13-19)22-10-6-7-11-23(22)25-31-33-34-32-25/h3-15,17H,16H2,1-2H3,(H,30,37,38)(H,31,32,33,34). The van der Waals surface area contributed by atoms with Crippen molar-refractivity contribution < 1.29 is 0 Å². The Kier molecular flexibility index (Phi) is 5.76. The second-order valence-electron chi connectivity index (χ2n) is 9.13. The second-order valence-corrected chi connectivity index (χ2v) is 9.13. The molecule has 0 bridgehead atoms. The van der Waals surface area contributed by atoms with Crippen LogP contribution in [0.4, 0.5) is 0 Å². The van der Waals surface area contributed by atoms with Gasteiger partial charge in [-0.15, -0.1) is 5.10 Å². The van der Waals surface area contributed by atoms with E-state index in [0.29, 0.717) is 29.4 Å². The van der Waals surface area contributed by atoms with Crippen molar-refractivity contribution in [3.63, 3.8) is 0 Å². The summed E-state index contributed by atoms with van der Waals surface area (Å²) in [4.78, 5) is 33.0. The lowest BCUT2D eigenvalue weighted by molar-refractivity contribution is 0.614. The Morgan fingerprint density at radius 2 is 1.61 bits per heavy atom. The highest BCUT2D eigenvalue weighted by atomic mass is 16.2. The number of fused-ring (bicyclic) bond motifs is 1. The van der Waals surface area contributed by atoms with Gasteiger partial charge in [-0.05, 0) is 46.5 Å². The molecule has 0 aliphatic heterocycles. The van der Waals surface area contributed by atoms with Crippen LogP contribution in [0, 0.1) is 6.92 Å². The average molecular weight is 505 g/mol. The van der Waals surface area contributed by atoms with Gasteiger partial charge in [0.05, 0.1) is 6.04 Å². The van der Waals surface area contributed by atoms with Gasteiger partial charge in [0.1, 0.15) is 5.82 Å². The van der Waals surface area contributed by atoms with Crippen LogP contribution in [-0.2, 0) is 6.54 Å². The fourth-order valence-electron chi connectivity index (χ4n) is 4.87. The van der Waals surface area contributed by atoms with Gasteiger partial charge in [0.25, 0.3) is 5.56 Å². The van der Waals surface area contributed by atoms with Crippen molar-refractivity contribution in [3.05, 3.63) is 117 Å². The first-order valence-corrected chi connectivity index (χ1v) is 12.2. The summed E-state index contributed by atoms with van der Waals surface area (Å²) in [7, 11) is 0. The van der Waals surface area contributed by atoms with Crippen LogP contribution in [0.2, 0.25) is 0 Å². The van der Waals surface area contributed by atoms with Gasteiger partial charge in [0.15, 0.2) is 17.0 Å². The van der Waals surface area contributed by atoms with Crippen LogP contribution in [-0.4, -0.2) is 39.7 Å². The quantitative estimate of drug-likeness (QED) is 0.356. The maximum atomic E-state index is 13.0. The topological polar surface area (TPSA) is 127 Å². The molecule has 0 aliphatic rings. The van der Waals surface area contributed by atoms with Crippen molar-refractivity contribution >= 4 is 11.2 Å². The monoisotopic (exact) mass is 504 g/mol. The largest absolute Gasteiger partial charge is 0.330 e. The van der Waals surface area contributed by atoms with Gasteiger partial charge in [-0.3, -0.25) is 14.3 Å². The SMILES string of the molecule is Cc1nc2c(c(=O)[nH]c(=O)n2C(C)c2ccccc2)n1Cc1ccc(-c2ccccc2-c2nnn[nH]2)cc1. The number of H-pyrrole nitrogens is 2. The first kappa shape index (κ1) is 23.3. The van der Waals surface area contributed by atoms with Crippen LogP contribution in [0.1, 0.15) is 29.9 Å². The van der Waals surface area contributed by atoms with Gasteiger partial charge in [-0.25, -0.2) is 14.9 Å². The normalized spacial score (nSPS) is 12.2. The molecule has 10 heteroatoms. The van der Waals surface area contributed by atoms with Gasteiger partial charge in [-0.1, -0.05) is 78.9 Å². The van der Waals surface area contributed by atoms with E-state index in [2.05, 4.69) is 30.6 Å². The number of tetrazole rings is 1. The minimum Gasteiger partial charge on any atom is -0.318 e. The van der Waals surface area contributed by atoms with E-state index in [9.17, 15) is 9.59 Å². The first-order valence-electron chi connectivity index (χ1n) is 12.2. The van der Waals surface area contributed by atoms with E-state index in [1.54, 1.807) is 4.57 Å². The number of hydrogen-bond donors (Lipinski definition) is 2. The lowest BCUT2D eigenvalue weighted by atomic mass is 9.98. The molecule has 1 atom stereocenters. The van der Waals surface area contributed by atoms with E-state index in [0.717, 1.165) is 27.8 Å². The third-order valence-corrected chi connectivity index (χ3v) is 6.83. The summed E-state index contributed by atoms with van der Waals surface area (Å²) in [5, 5.41) is 14.2. The Labute approximate surface area is 216 Å². The first-order chi connectivity index (χ1) is 18.5. The molecule has 1 unspecified atom stereocenters. The smallest absolute Gasteiger partial charge is 0.318 e. The van der Waals surface area contributed by atoms with Gasteiger partial charge < -0.3 is 4.57 Å². The molecule has 6 rings (SSSR count). The molecule has 0 amide bonds. The van der Waals surface area contributed by atoms with E-state index >= 15 is 0 Å². The molecule has 0 aliphatic carbocycles. The molecule has 38 heavy (non-hydrogen) atoms. The summed E-state index contributed by atoms with van der Waals surface area (Å²) < 4.78 is 3.40. The Bertz CT molecular complexity index is 1850. The molecule has 0 saturated heterocycles. The zero-order chi connectivity index (χ0) is 26.2. The van der Waals surface area contributed by atoms with Crippen molar-refractivity contribution in [3.8, 4) is 22.5 Å². The molecule has 188 valence electrons. The zero-order valence-corrected chi connectivity index (χ0v) is 20.8. The number of aromatic amines is 2. The Morgan fingerprint density at radius 1 is 0.895 bits per heavy atom. The zero-order valence-electron chi connectivity index (χ0n) is 20.8. The highest BCUT2D eigenvalue weighted by Crippen LogP contribution is 2.30. The fraction of sp³-hybridized carbons (Fsp3) is 0.143. The maximum Gasteiger partial charge on any atom is 0.330 e. The molecule has 3 aromatic carbocycles. The minimum atomic E-state index is -0.478. The van der Waals surface area contributed by atoms with Crippen LogP contribution in [0.15, 0.2) is 88.5 Å². The number of hydrogen-bond acceptors (Lipinski definition) is 6. The van der Waals surface area contributed by atoms with Gasteiger partial charge in [0.2, 0.25) is 0 Å². The predicted octanol–water partition coefficient (Wildman–Crippen LogP) is 3.70. The molecule has 3 heterocycles. The van der Waals surface area contributed by atoms with Gasteiger partial charge in [-0.2, -0.15) is 0 Å². The van der Waals surface area contributed by atoms with Crippen LogP contribution < -0.4 is 11.2 Å². The van der Waals surface area contributed by atoms with E-state index in [4.69, 9.17) is 0 Å². The van der Waals surface area contributed by atoms with E-state index < -0.39 is 11.2 Å². The molecular formula is C28H24N8O2. The lowest BCUT2D eigenvalue weighted by Gasteiger charge is -2.16. The average Bonchev–Trinajstić information content (AvgIpc) is 3.58. The number of nitrogens with zero attached hydrogens (tertiary/aromatic N) is 6.